The zero-order valence-corrected chi connectivity index (χ0v) is 19.3. The summed E-state index contributed by atoms with van der Waals surface area (Å²) in [7, 11) is 0. The summed E-state index contributed by atoms with van der Waals surface area (Å²) in [6.45, 7) is 0. The van der Waals surface area contributed by atoms with Crippen molar-refractivity contribution in [1.29, 1.82) is 0 Å². The quantitative estimate of drug-likeness (QED) is 0.373. The van der Waals surface area contributed by atoms with E-state index in [9.17, 15) is 0 Å². The molecule has 0 spiro atoms. The molecule has 0 heterocycles. The van der Waals surface area contributed by atoms with Crippen molar-refractivity contribution < 1.29 is 21.1 Å². The van der Waals surface area contributed by atoms with E-state index >= 15 is 0 Å². The van der Waals surface area contributed by atoms with Crippen molar-refractivity contribution in [1.82, 2.24) is 0 Å². The van der Waals surface area contributed by atoms with Crippen LogP contribution in [0.2, 0.25) is 0 Å². The minimum absolute atomic E-state index is 0. The molecule has 0 aromatic carbocycles. The summed E-state index contributed by atoms with van der Waals surface area (Å²) in [5, 5.41) is 0. The molecule has 0 amide bonds. The Morgan fingerprint density at radius 1 is 0.429 bits per heavy atom. The summed E-state index contributed by atoms with van der Waals surface area (Å²) in [5.41, 5.74) is 0. The van der Waals surface area contributed by atoms with Crippen LogP contribution in [0.3, 0.4) is 0 Å². The molecule has 0 aliphatic rings. The van der Waals surface area contributed by atoms with E-state index < -0.39 is 0 Å². The maximum absolute atomic E-state index is 0. The monoisotopic (exact) mass is 593 g/mol. The third kappa shape index (κ3) is 33.5. The number of hydrogen-bond acceptors (Lipinski definition) is 0. The van der Waals surface area contributed by atoms with E-state index in [0.717, 1.165) is 0 Å². The van der Waals surface area contributed by atoms with Gasteiger partial charge in [0.25, 0.3) is 0 Å². The second kappa shape index (κ2) is 40.7. The Kier molecular flexibility index (Phi) is 305. The van der Waals surface area contributed by atoms with Crippen LogP contribution in [-0.2, 0) is 21.1 Å². The van der Waals surface area contributed by atoms with Crippen molar-refractivity contribution in [3.63, 3.8) is 0 Å². The Bertz CT molecular complexity index is 9.65. The van der Waals surface area contributed by atoms with E-state index in [1.165, 1.54) is 0 Å². The van der Waals surface area contributed by atoms with Gasteiger partial charge in [0.15, 0.2) is 0 Å². The van der Waals surface area contributed by atoms with Gasteiger partial charge in [0.05, 0.1) is 0 Å². The van der Waals surface area contributed by atoms with Crippen LogP contribution in [0.25, 0.3) is 0 Å². The summed E-state index contributed by atoms with van der Waals surface area (Å²) in [6.07, 6.45) is 0. The molecule has 0 rings (SSSR count). The van der Waals surface area contributed by atoms with Gasteiger partial charge in [-0.1, -0.05) is 0 Å². The van der Waals surface area contributed by atoms with E-state index in [1.807, 2.05) is 0 Å². The fourth-order valence-corrected chi connectivity index (χ4v) is 0. The van der Waals surface area contributed by atoms with Gasteiger partial charge >= 0.3 is 0 Å². The maximum atomic E-state index is 0. The van der Waals surface area contributed by atoms with Crippen LogP contribution in [0.5, 0.6) is 0 Å². The first kappa shape index (κ1) is 52.6. The van der Waals surface area contributed by atoms with Crippen LogP contribution in [0.4, 0.5) is 0 Å². The zero-order chi connectivity index (χ0) is 0. The predicted octanol–water partition coefficient (Wildman–Crippen LogP) is 1.55. The van der Waals surface area contributed by atoms with Gasteiger partial charge in [0, 0.05) is 124 Å². The molecule has 7 heteroatoms. The summed E-state index contributed by atoms with van der Waals surface area (Å²) in [6, 6.07) is 0. The Hall–Kier alpha value is 5.88. The Morgan fingerprint density at radius 3 is 0.429 bits per heavy atom. The molecule has 0 N–H and O–H groups in total. The molecule has 0 nitrogen and oxygen atoms in total. The molecule has 44 valence electrons. The van der Waals surface area contributed by atoms with E-state index in [0.29, 0.717) is 0 Å². The molecule has 0 saturated carbocycles. The van der Waals surface area contributed by atoms with Gasteiger partial charge in [-0.05, 0) is 0 Å². The van der Waals surface area contributed by atoms with Crippen LogP contribution in [0.1, 0.15) is 0 Å². The van der Waals surface area contributed by atoms with Crippen molar-refractivity contribution in [2.75, 3.05) is 0 Å². The van der Waals surface area contributed by atoms with Gasteiger partial charge in [-0.2, -0.15) is 0 Å². The molecule has 0 aliphatic heterocycles. The first-order valence-corrected chi connectivity index (χ1v) is 0. The number of rotatable bonds is 0. The van der Waals surface area contributed by atoms with E-state index in [2.05, 4.69) is 0 Å². The minimum Gasteiger partial charge on any atom is -0.114 e. The fraction of sp³-hybridized carbons (Fsp3) is 0. The Labute approximate surface area is 186 Å². The smallest absolute Gasteiger partial charge is 0 e. The molecule has 7 heavy (non-hydrogen) atoms. The summed E-state index contributed by atoms with van der Waals surface area (Å²) >= 11 is 0. The van der Waals surface area contributed by atoms with Crippen LogP contribution >= 0.6 is 67.9 Å². The first-order valence-electron chi connectivity index (χ1n) is 0. The van der Waals surface area contributed by atoms with Gasteiger partial charge in [-0.25, -0.2) is 0 Å². The Balaban J connectivity index is 0. The van der Waals surface area contributed by atoms with Gasteiger partial charge in [0.2, 0.25) is 0 Å². The van der Waals surface area contributed by atoms with Crippen molar-refractivity contribution in [2.45, 2.75) is 0 Å². The SMILES string of the molecule is Br.Br.Br.Br.[K].[K].[Pt]. The van der Waals surface area contributed by atoms with Gasteiger partial charge in [0.1, 0.15) is 0 Å². The molecular formula is H4Br4K2Pt. The van der Waals surface area contributed by atoms with Crippen molar-refractivity contribution >= 4 is 171 Å². The normalized spacial score (nSPS) is 0. The standard InChI is InChI=1S/4BrH.2K.Pt/h4*1H;;;. The van der Waals surface area contributed by atoms with Crippen molar-refractivity contribution in [3.05, 3.63) is 0 Å². The van der Waals surface area contributed by atoms with Gasteiger partial charge in [-0.15, -0.1) is 67.9 Å². The molecule has 0 aromatic rings. The van der Waals surface area contributed by atoms with Crippen LogP contribution in [0, 0.1) is 0 Å². The average molecular weight is 597 g/mol. The van der Waals surface area contributed by atoms with E-state index in [1.54, 1.807) is 0 Å². The molecule has 0 aromatic heterocycles. The molecule has 0 saturated heterocycles. The average Bonchev–Trinajstić information content (AvgIpc) is 0. The fourth-order valence-electron chi connectivity index (χ4n) is 0. The van der Waals surface area contributed by atoms with Gasteiger partial charge < -0.3 is 0 Å². The second-order valence-electron chi connectivity index (χ2n) is 0. The maximum Gasteiger partial charge on any atom is 0 e. The van der Waals surface area contributed by atoms with Crippen LogP contribution in [0.15, 0.2) is 0 Å². The molecule has 0 unspecified atom stereocenters. The van der Waals surface area contributed by atoms with E-state index in [-0.39, 0.29) is 192 Å². The zero-order valence-electron chi connectivity index (χ0n) is 3.95. The number of hydrogen-bond donors (Lipinski definition) is 0. The largest absolute Gasteiger partial charge is 0.114 e. The molecule has 0 atom stereocenters. The third-order valence-electron chi connectivity index (χ3n) is 0. The summed E-state index contributed by atoms with van der Waals surface area (Å²) in [5.74, 6) is 0. The number of halogens is 4. The molecule has 2 radical (unpaired) electrons. The first-order chi connectivity index (χ1) is 0. The minimum atomic E-state index is 0. The summed E-state index contributed by atoms with van der Waals surface area (Å²) in [4.78, 5) is 0. The topological polar surface area (TPSA) is 0 Å². The van der Waals surface area contributed by atoms with Crippen LogP contribution < -0.4 is 0 Å². The Morgan fingerprint density at radius 2 is 0.429 bits per heavy atom. The molecule has 0 aliphatic carbocycles. The van der Waals surface area contributed by atoms with Crippen LogP contribution in [-0.4, -0.2) is 103 Å². The predicted molar refractivity (Wildman–Crippen MR) is 52.8 cm³/mol. The third-order valence-corrected chi connectivity index (χ3v) is 0. The van der Waals surface area contributed by atoms with Crippen molar-refractivity contribution in [3.8, 4) is 0 Å². The van der Waals surface area contributed by atoms with Gasteiger partial charge in [-0.3, -0.25) is 0 Å². The summed E-state index contributed by atoms with van der Waals surface area (Å²) < 4.78 is 0. The molecule has 0 bridgehead atoms. The van der Waals surface area contributed by atoms with Crippen molar-refractivity contribution in [2.24, 2.45) is 0 Å². The molecular weight excluding hydrogens is 593 g/mol. The molecule has 0 fully saturated rings. The van der Waals surface area contributed by atoms with E-state index in [4.69, 9.17) is 0 Å². The second-order valence-corrected chi connectivity index (χ2v) is 0.